The van der Waals surface area contributed by atoms with Crippen molar-refractivity contribution in [2.75, 3.05) is 24.3 Å². The Morgan fingerprint density at radius 3 is 2.06 bits per heavy atom. The zero-order valence-corrected chi connectivity index (χ0v) is 31.6. The Kier molecular flexibility index (Phi) is 9.82. The average molecular weight is 693 g/mol. The average Bonchev–Trinajstić information content (AvgIpc) is 3.11. The molecule has 0 bridgehead atoms. The van der Waals surface area contributed by atoms with E-state index in [-0.39, 0.29) is 22.4 Å². The number of nitrogens with zero attached hydrogens (tertiary/aromatic N) is 3. The minimum Gasteiger partial charge on any atom is -0.507 e. The number of fused-ring (bicyclic) bond motifs is 2. The van der Waals surface area contributed by atoms with Gasteiger partial charge in [-0.3, -0.25) is 4.79 Å². The molecule has 7 heteroatoms. The van der Waals surface area contributed by atoms with Crippen LogP contribution in [0.4, 0.5) is 17.1 Å². The number of phenols is 1. The van der Waals surface area contributed by atoms with Gasteiger partial charge in [0.25, 0.3) is 0 Å². The standard InChI is InChI=1S/C43H42N4O3.C2H6/c1-42(2,3)25-43(4,5)26-17-20-29(21-18-26)50-35-24-33(44-27-13-9-8-10-14-27)36-37-38(30-15-11-12-16-31(30)40(36)49)45-41(46-39(35)37)32-22-19-28(47(6)7)23-34(32)48;1-2/h8-24,44,48H,25H2,1-7H3;1-2H3. The van der Waals surface area contributed by atoms with Crippen LogP contribution in [0.25, 0.3) is 33.5 Å². The molecule has 1 aliphatic carbocycles. The highest BCUT2D eigenvalue weighted by Crippen LogP contribution is 2.47. The van der Waals surface area contributed by atoms with Crippen LogP contribution in [0, 0.1) is 5.41 Å². The van der Waals surface area contributed by atoms with E-state index < -0.39 is 0 Å². The van der Waals surface area contributed by atoms with E-state index >= 15 is 0 Å². The quantitative estimate of drug-likeness (QED) is 0.164. The lowest BCUT2D eigenvalue weighted by Crippen LogP contribution is -2.24. The van der Waals surface area contributed by atoms with Gasteiger partial charge in [-0.15, -0.1) is 0 Å². The van der Waals surface area contributed by atoms with Crippen molar-refractivity contribution >= 4 is 33.7 Å². The van der Waals surface area contributed by atoms with E-state index in [0.29, 0.717) is 61.9 Å². The lowest BCUT2D eigenvalue weighted by Gasteiger charge is -2.33. The number of phenolic OH excluding ortho intramolecular Hbond substituents is 1. The molecule has 0 saturated heterocycles. The monoisotopic (exact) mass is 692 g/mol. The molecule has 0 saturated carbocycles. The summed E-state index contributed by atoms with van der Waals surface area (Å²) in [5.74, 6) is 1.37. The number of carbonyl (C=O) groups excluding carboxylic acids is 1. The highest BCUT2D eigenvalue weighted by Gasteiger charge is 2.33. The molecular weight excluding hydrogens is 645 g/mol. The van der Waals surface area contributed by atoms with Gasteiger partial charge in [0.05, 0.1) is 22.5 Å². The third-order valence-corrected chi connectivity index (χ3v) is 9.22. The molecule has 0 atom stereocenters. The number of anilines is 3. The van der Waals surface area contributed by atoms with Gasteiger partial charge >= 0.3 is 0 Å². The molecule has 0 fully saturated rings. The fraction of sp³-hybridized carbons (Fsp3) is 0.267. The molecule has 1 heterocycles. The number of nitrogens with one attached hydrogen (secondary N) is 1. The second-order valence-electron chi connectivity index (χ2n) is 15.1. The SMILES string of the molecule is CC.CN(C)c1ccc(-c2nc3c4c(c(Nc5ccccc5)cc(Oc5ccc(C(C)(C)CC(C)(C)C)cc5)c4n2)C(=O)c2ccccc2-3)c(O)c1. The van der Waals surface area contributed by atoms with Gasteiger partial charge in [-0.1, -0.05) is 103 Å². The summed E-state index contributed by atoms with van der Waals surface area (Å²) in [5, 5.41) is 15.3. The summed E-state index contributed by atoms with van der Waals surface area (Å²) >= 11 is 0. The maximum atomic E-state index is 14.3. The number of ether oxygens (including phenoxy) is 1. The van der Waals surface area contributed by atoms with Crippen molar-refractivity contribution in [3.05, 3.63) is 120 Å². The molecule has 0 unspecified atom stereocenters. The van der Waals surface area contributed by atoms with E-state index in [1.54, 1.807) is 6.07 Å². The van der Waals surface area contributed by atoms with Gasteiger partial charge in [-0.05, 0) is 59.2 Å². The fourth-order valence-electron chi connectivity index (χ4n) is 7.23. The minimum atomic E-state index is -0.122. The van der Waals surface area contributed by atoms with Crippen molar-refractivity contribution in [3.63, 3.8) is 0 Å². The molecule has 0 amide bonds. The summed E-state index contributed by atoms with van der Waals surface area (Å²) in [6.45, 7) is 15.3. The normalized spacial score (nSPS) is 12.1. The molecule has 1 aromatic heterocycles. The van der Waals surface area contributed by atoms with Crippen LogP contribution in [0.3, 0.4) is 0 Å². The summed E-state index contributed by atoms with van der Waals surface area (Å²) in [6.07, 6.45) is 1.03. The van der Waals surface area contributed by atoms with Crippen LogP contribution in [0.2, 0.25) is 0 Å². The van der Waals surface area contributed by atoms with Gasteiger partial charge in [-0.25, -0.2) is 9.97 Å². The first-order valence-electron chi connectivity index (χ1n) is 17.9. The highest BCUT2D eigenvalue weighted by atomic mass is 16.5. The molecule has 7 rings (SSSR count). The van der Waals surface area contributed by atoms with Crippen LogP contribution >= 0.6 is 0 Å². The molecule has 7 nitrogen and oxygen atoms in total. The second-order valence-corrected chi connectivity index (χ2v) is 15.1. The lowest BCUT2D eigenvalue weighted by molar-refractivity contribution is 0.104. The molecule has 266 valence electrons. The van der Waals surface area contributed by atoms with Crippen molar-refractivity contribution in [3.8, 4) is 39.9 Å². The predicted molar refractivity (Wildman–Crippen MR) is 215 cm³/mol. The number of aromatic hydroxyl groups is 1. The molecule has 1 aliphatic rings. The number of rotatable bonds is 8. The molecular formula is C45H48N4O3. The molecule has 2 N–H and O–H groups in total. The van der Waals surface area contributed by atoms with Gasteiger partial charge in [0.2, 0.25) is 0 Å². The van der Waals surface area contributed by atoms with Crippen LogP contribution in [0.15, 0.2) is 103 Å². The molecule has 5 aromatic carbocycles. The van der Waals surface area contributed by atoms with Gasteiger partial charge in [0.1, 0.15) is 17.0 Å². The van der Waals surface area contributed by atoms with E-state index in [4.69, 9.17) is 14.7 Å². The Labute approximate surface area is 307 Å². The minimum absolute atomic E-state index is 0.0240. The maximum absolute atomic E-state index is 14.3. The van der Waals surface area contributed by atoms with Crippen molar-refractivity contribution < 1.29 is 14.6 Å². The Morgan fingerprint density at radius 2 is 1.42 bits per heavy atom. The summed E-state index contributed by atoms with van der Waals surface area (Å²) in [5.41, 5.74) is 6.95. The largest absolute Gasteiger partial charge is 0.507 e. The second kappa shape index (κ2) is 14.1. The van der Waals surface area contributed by atoms with Crippen LogP contribution in [0.5, 0.6) is 17.2 Å². The number of para-hydroxylation sites is 1. The third kappa shape index (κ3) is 7.09. The van der Waals surface area contributed by atoms with E-state index in [9.17, 15) is 9.90 Å². The number of aromatic nitrogens is 2. The Morgan fingerprint density at radius 1 is 0.769 bits per heavy atom. The van der Waals surface area contributed by atoms with Gasteiger partial charge < -0.3 is 20.1 Å². The number of hydrogen-bond donors (Lipinski definition) is 2. The maximum Gasteiger partial charge on any atom is 0.196 e. The Balaban J connectivity index is 0.00000228. The summed E-state index contributed by atoms with van der Waals surface area (Å²) in [6, 6.07) is 32.8. The molecule has 0 aliphatic heterocycles. The zero-order valence-electron chi connectivity index (χ0n) is 31.6. The molecule has 52 heavy (non-hydrogen) atoms. The lowest BCUT2D eigenvalue weighted by atomic mass is 9.72. The van der Waals surface area contributed by atoms with Crippen molar-refractivity contribution in [1.29, 1.82) is 0 Å². The summed E-state index contributed by atoms with van der Waals surface area (Å²) < 4.78 is 6.70. The first kappa shape index (κ1) is 36.1. The Hall–Kier alpha value is -5.69. The molecule has 6 aromatic rings. The van der Waals surface area contributed by atoms with Crippen LogP contribution in [0.1, 0.15) is 76.4 Å². The topological polar surface area (TPSA) is 87.6 Å². The first-order chi connectivity index (χ1) is 24.8. The van der Waals surface area contributed by atoms with Crippen molar-refractivity contribution in [1.82, 2.24) is 9.97 Å². The molecule has 0 spiro atoms. The number of ketones is 1. The van der Waals surface area contributed by atoms with E-state index in [1.807, 2.05) is 118 Å². The number of benzene rings is 5. The van der Waals surface area contributed by atoms with Crippen LogP contribution in [-0.2, 0) is 5.41 Å². The van der Waals surface area contributed by atoms with Gasteiger partial charge in [-0.2, -0.15) is 0 Å². The Bertz CT molecular complexity index is 2250. The summed E-state index contributed by atoms with van der Waals surface area (Å²) in [7, 11) is 3.84. The number of carbonyl (C=O) groups is 1. The fourth-order valence-corrected chi connectivity index (χ4v) is 7.23. The summed E-state index contributed by atoms with van der Waals surface area (Å²) in [4.78, 5) is 26.4. The van der Waals surface area contributed by atoms with Gasteiger partial charge in [0, 0.05) is 54.1 Å². The third-order valence-electron chi connectivity index (χ3n) is 9.22. The first-order valence-corrected chi connectivity index (χ1v) is 17.9. The van der Waals surface area contributed by atoms with E-state index in [2.05, 4.69) is 52.1 Å². The van der Waals surface area contributed by atoms with Crippen molar-refractivity contribution in [2.45, 2.75) is 60.3 Å². The van der Waals surface area contributed by atoms with E-state index in [0.717, 1.165) is 17.8 Å². The van der Waals surface area contributed by atoms with Crippen molar-refractivity contribution in [2.24, 2.45) is 5.41 Å². The predicted octanol–water partition coefficient (Wildman–Crippen LogP) is 11.6. The molecule has 0 radical (unpaired) electrons. The van der Waals surface area contributed by atoms with Crippen LogP contribution < -0.4 is 15.0 Å². The van der Waals surface area contributed by atoms with Gasteiger partial charge in [0.15, 0.2) is 17.4 Å². The zero-order chi connectivity index (χ0) is 37.4. The van der Waals surface area contributed by atoms with Crippen LogP contribution in [-0.4, -0.2) is 35.0 Å². The van der Waals surface area contributed by atoms with E-state index in [1.165, 1.54) is 5.56 Å². The highest BCUT2D eigenvalue weighted by molar-refractivity contribution is 6.28. The smallest absolute Gasteiger partial charge is 0.196 e. The number of hydrogen-bond acceptors (Lipinski definition) is 7.